The quantitative estimate of drug-likeness (QED) is 0.807. The van der Waals surface area contributed by atoms with Crippen molar-refractivity contribution in [2.75, 3.05) is 54.7 Å². The summed E-state index contributed by atoms with van der Waals surface area (Å²) < 4.78 is 16.3. The number of ether oxygens (including phenoxy) is 3. The minimum absolute atomic E-state index is 0.119. The molecule has 1 aliphatic heterocycles. The number of nitrogens with two attached hydrogens (primary N) is 1. The molecule has 2 N–H and O–H groups in total. The Labute approximate surface area is 126 Å². The minimum atomic E-state index is 0.119. The lowest BCUT2D eigenvalue weighted by Gasteiger charge is -2.28. The summed E-state index contributed by atoms with van der Waals surface area (Å²) in [6.45, 7) is 2.69. The molecule has 0 radical (unpaired) electrons. The van der Waals surface area contributed by atoms with E-state index in [2.05, 4.69) is 30.9 Å². The number of benzene rings is 1. The largest absolute Gasteiger partial charge is 0.493 e. The molecule has 0 bridgehead atoms. The Morgan fingerprint density at radius 2 is 2.00 bits per heavy atom. The van der Waals surface area contributed by atoms with Gasteiger partial charge in [-0.3, -0.25) is 4.90 Å². The molecule has 1 aromatic rings. The maximum atomic E-state index is 5.98. The van der Waals surface area contributed by atoms with Gasteiger partial charge in [-0.15, -0.1) is 0 Å². The minimum Gasteiger partial charge on any atom is -0.493 e. The molecule has 0 aliphatic carbocycles. The Hall–Kier alpha value is -1.50. The van der Waals surface area contributed by atoms with E-state index in [9.17, 15) is 0 Å². The van der Waals surface area contributed by atoms with Gasteiger partial charge in [0.25, 0.3) is 0 Å². The van der Waals surface area contributed by atoms with E-state index >= 15 is 0 Å². The van der Waals surface area contributed by atoms with Crippen LogP contribution in [0, 0.1) is 0 Å². The molecule has 0 spiro atoms. The first-order chi connectivity index (χ1) is 10.1. The molecule has 2 rings (SSSR count). The Kier molecular flexibility index (Phi) is 5.27. The number of nitrogens with zero attached hydrogens (tertiary/aromatic N) is 2. The summed E-state index contributed by atoms with van der Waals surface area (Å²) in [6.07, 6.45) is 0. The van der Waals surface area contributed by atoms with Gasteiger partial charge in [-0.1, -0.05) is 0 Å². The van der Waals surface area contributed by atoms with Crippen molar-refractivity contribution in [3.63, 3.8) is 0 Å². The molecule has 0 fully saturated rings. The summed E-state index contributed by atoms with van der Waals surface area (Å²) in [5.74, 6) is 2.09. The fraction of sp³-hybridized carbons (Fsp3) is 0.600. The second-order valence-electron chi connectivity index (χ2n) is 5.49. The third-order valence-corrected chi connectivity index (χ3v) is 3.72. The van der Waals surface area contributed by atoms with Gasteiger partial charge in [-0.25, -0.2) is 0 Å². The first-order valence-electron chi connectivity index (χ1n) is 7.09. The van der Waals surface area contributed by atoms with Crippen molar-refractivity contribution in [1.82, 2.24) is 9.80 Å². The predicted molar refractivity (Wildman–Crippen MR) is 82.1 cm³/mol. The molecule has 0 saturated carbocycles. The molecule has 1 heterocycles. The molecular formula is C15H25N3O3. The van der Waals surface area contributed by atoms with Gasteiger partial charge >= 0.3 is 0 Å². The fourth-order valence-electron chi connectivity index (χ4n) is 2.43. The number of likely N-dealkylation sites (N-methyl/N-ethyl adjacent to an activating group) is 2. The zero-order valence-corrected chi connectivity index (χ0v) is 13.3. The standard InChI is InChI=1S/C15H25N3O3/c1-17(2)5-6-18(3)12(9-16)11-7-13(19-4)15-14(8-11)20-10-21-15/h7-8,12H,5-6,9-10,16H2,1-4H3. The number of methoxy groups -OCH3 is 1. The fourth-order valence-corrected chi connectivity index (χ4v) is 2.43. The summed E-state index contributed by atoms with van der Waals surface area (Å²) in [4.78, 5) is 4.40. The highest BCUT2D eigenvalue weighted by Crippen LogP contribution is 2.43. The van der Waals surface area contributed by atoms with Crippen molar-refractivity contribution in [2.24, 2.45) is 5.73 Å². The van der Waals surface area contributed by atoms with Gasteiger partial charge in [0.05, 0.1) is 7.11 Å². The van der Waals surface area contributed by atoms with Crippen molar-refractivity contribution < 1.29 is 14.2 Å². The van der Waals surface area contributed by atoms with Crippen molar-refractivity contribution in [1.29, 1.82) is 0 Å². The van der Waals surface area contributed by atoms with E-state index in [1.807, 2.05) is 12.1 Å². The van der Waals surface area contributed by atoms with E-state index in [-0.39, 0.29) is 12.8 Å². The zero-order valence-electron chi connectivity index (χ0n) is 13.3. The zero-order chi connectivity index (χ0) is 15.4. The summed E-state index contributed by atoms with van der Waals surface area (Å²) in [5.41, 5.74) is 7.06. The monoisotopic (exact) mass is 295 g/mol. The number of fused-ring (bicyclic) bond motifs is 1. The van der Waals surface area contributed by atoms with E-state index < -0.39 is 0 Å². The van der Waals surface area contributed by atoms with Crippen LogP contribution in [-0.4, -0.2) is 64.5 Å². The molecule has 1 unspecified atom stereocenters. The van der Waals surface area contributed by atoms with Crippen LogP contribution in [0.1, 0.15) is 11.6 Å². The number of rotatable bonds is 7. The second-order valence-corrected chi connectivity index (χ2v) is 5.49. The molecule has 1 aromatic carbocycles. The van der Waals surface area contributed by atoms with Gasteiger partial charge in [0.15, 0.2) is 11.5 Å². The third-order valence-electron chi connectivity index (χ3n) is 3.72. The van der Waals surface area contributed by atoms with Crippen molar-refractivity contribution >= 4 is 0 Å². The van der Waals surface area contributed by atoms with E-state index in [4.69, 9.17) is 19.9 Å². The van der Waals surface area contributed by atoms with Crippen molar-refractivity contribution in [3.8, 4) is 17.2 Å². The van der Waals surface area contributed by atoms with Crippen LogP contribution in [0.4, 0.5) is 0 Å². The smallest absolute Gasteiger partial charge is 0.231 e. The summed E-state index contributed by atoms with van der Waals surface area (Å²) in [5, 5.41) is 0. The predicted octanol–water partition coefficient (Wildman–Crippen LogP) is 0.917. The normalized spacial score (nSPS) is 14.8. The van der Waals surface area contributed by atoms with Gasteiger partial charge in [-0.2, -0.15) is 0 Å². The maximum absolute atomic E-state index is 5.98. The van der Waals surface area contributed by atoms with E-state index in [0.717, 1.165) is 24.4 Å². The topological polar surface area (TPSA) is 60.2 Å². The van der Waals surface area contributed by atoms with Crippen LogP contribution >= 0.6 is 0 Å². The van der Waals surface area contributed by atoms with Crippen molar-refractivity contribution in [3.05, 3.63) is 17.7 Å². The molecule has 1 atom stereocenters. The lowest BCUT2D eigenvalue weighted by Crippen LogP contribution is -2.35. The van der Waals surface area contributed by atoms with Crippen LogP contribution in [0.2, 0.25) is 0 Å². The third kappa shape index (κ3) is 3.58. The molecule has 6 heteroatoms. The van der Waals surface area contributed by atoms with Crippen LogP contribution in [0.15, 0.2) is 12.1 Å². The van der Waals surface area contributed by atoms with Crippen LogP contribution in [0.3, 0.4) is 0 Å². The van der Waals surface area contributed by atoms with Crippen LogP contribution in [0.5, 0.6) is 17.2 Å². The number of hydrogen-bond acceptors (Lipinski definition) is 6. The number of hydrogen-bond donors (Lipinski definition) is 1. The molecule has 21 heavy (non-hydrogen) atoms. The molecule has 0 saturated heterocycles. The first-order valence-corrected chi connectivity index (χ1v) is 7.09. The van der Waals surface area contributed by atoms with Gasteiger partial charge in [-0.05, 0) is 38.8 Å². The van der Waals surface area contributed by atoms with Gasteiger partial charge in [0.2, 0.25) is 12.5 Å². The molecule has 1 aliphatic rings. The average molecular weight is 295 g/mol. The molecule has 118 valence electrons. The summed E-state index contributed by atoms with van der Waals surface area (Å²) in [6, 6.07) is 4.10. The Morgan fingerprint density at radius 1 is 1.24 bits per heavy atom. The lowest BCUT2D eigenvalue weighted by molar-refractivity contribution is 0.171. The van der Waals surface area contributed by atoms with Gasteiger partial charge in [0, 0.05) is 25.7 Å². The van der Waals surface area contributed by atoms with E-state index in [0.29, 0.717) is 18.0 Å². The van der Waals surface area contributed by atoms with Crippen LogP contribution in [0.25, 0.3) is 0 Å². The average Bonchev–Trinajstić information content (AvgIpc) is 2.93. The van der Waals surface area contributed by atoms with Crippen LogP contribution in [-0.2, 0) is 0 Å². The molecular weight excluding hydrogens is 270 g/mol. The Bertz CT molecular complexity index is 479. The summed E-state index contributed by atoms with van der Waals surface area (Å²) >= 11 is 0. The SMILES string of the molecule is COc1cc(C(CN)N(C)CCN(C)C)cc2c1OCO2. The molecule has 0 aromatic heterocycles. The van der Waals surface area contributed by atoms with Crippen LogP contribution < -0.4 is 19.9 Å². The van der Waals surface area contributed by atoms with E-state index in [1.165, 1.54) is 0 Å². The highest BCUT2D eigenvalue weighted by molar-refractivity contribution is 5.55. The Balaban J connectivity index is 2.21. The summed E-state index contributed by atoms with van der Waals surface area (Å²) in [7, 11) is 7.84. The second kappa shape index (κ2) is 6.98. The van der Waals surface area contributed by atoms with E-state index in [1.54, 1.807) is 7.11 Å². The highest BCUT2D eigenvalue weighted by Gasteiger charge is 2.24. The van der Waals surface area contributed by atoms with Crippen molar-refractivity contribution in [2.45, 2.75) is 6.04 Å². The molecule has 6 nitrogen and oxygen atoms in total. The maximum Gasteiger partial charge on any atom is 0.231 e. The first kappa shape index (κ1) is 15.9. The van der Waals surface area contributed by atoms with Gasteiger partial charge in [0.1, 0.15) is 0 Å². The molecule has 0 amide bonds. The Morgan fingerprint density at radius 3 is 2.62 bits per heavy atom. The lowest BCUT2D eigenvalue weighted by atomic mass is 10.0. The van der Waals surface area contributed by atoms with Gasteiger partial charge < -0.3 is 24.8 Å². The highest BCUT2D eigenvalue weighted by atomic mass is 16.7.